The van der Waals surface area contributed by atoms with Crippen molar-refractivity contribution in [2.24, 2.45) is 17.6 Å². The van der Waals surface area contributed by atoms with Crippen molar-refractivity contribution in [1.82, 2.24) is 0 Å². The van der Waals surface area contributed by atoms with Gasteiger partial charge < -0.3 is 20.3 Å². The monoisotopic (exact) mass is 447 g/mol. The van der Waals surface area contributed by atoms with E-state index in [0.29, 0.717) is 12.8 Å². The van der Waals surface area contributed by atoms with Crippen molar-refractivity contribution in [3.63, 3.8) is 0 Å². The van der Waals surface area contributed by atoms with E-state index in [9.17, 15) is 19.5 Å². The van der Waals surface area contributed by atoms with E-state index in [4.69, 9.17) is 15.2 Å². The number of fused-ring (bicyclic) bond motifs is 1. The van der Waals surface area contributed by atoms with Crippen molar-refractivity contribution in [2.45, 2.75) is 77.1 Å². The average molecular weight is 448 g/mol. The summed E-state index contributed by atoms with van der Waals surface area (Å²) in [6, 6.07) is 8.72. The zero-order valence-electron chi connectivity index (χ0n) is 18.9. The summed E-state index contributed by atoms with van der Waals surface area (Å²) >= 11 is 0. The molecule has 1 aliphatic carbocycles. The summed E-state index contributed by atoms with van der Waals surface area (Å²) < 4.78 is 9.99. The van der Waals surface area contributed by atoms with Gasteiger partial charge in [-0.3, -0.25) is 0 Å². The highest BCUT2D eigenvalue weighted by Crippen LogP contribution is 2.51. The van der Waals surface area contributed by atoms with Gasteiger partial charge in [0, 0.05) is 12.3 Å². The topological polar surface area (TPSA) is 116 Å². The highest BCUT2D eigenvalue weighted by Gasteiger charge is 2.71. The minimum atomic E-state index is -1.49. The molecular formula is C24H35N2O6+. The number of nitrogens with two attached hydrogens (primary N) is 1. The quantitative estimate of drug-likeness (QED) is 0.478. The molecule has 176 valence electrons. The molecule has 2 amide bonds. The SMILES string of the molecule is CCOC(=O)[N@@+]1(C(=O)[C@H](C)N)[C@H]2CCCCC2[C@H](CCCc2ccccc2)[C@@H]1OC(=O)O. The largest absolute Gasteiger partial charge is 0.527 e. The minimum Gasteiger partial charge on any atom is -0.450 e. The number of ether oxygens (including phenoxy) is 2. The van der Waals surface area contributed by atoms with Crippen LogP contribution in [0.25, 0.3) is 0 Å². The maximum Gasteiger partial charge on any atom is 0.527 e. The Morgan fingerprint density at radius 1 is 1.19 bits per heavy atom. The first kappa shape index (κ1) is 24.2. The van der Waals surface area contributed by atoms with Gasteiger partial charge in [-0.15, -0.1) is 4.48 Å². The number of imide groups is 1. The van der Waals surface area contributed by atoms with E-state index in [-0.39, 0.29) is 24.5 Å². The average Bonchev–Trinajstić information content (AvgIpc) is 3.04. The fourth-order valence-electron chi connectivity index (χ4n) is 5.85. The summed E-state index contributed by atoms with van der Waals surface area (Å²) in [4.78, 5) is 38.7. The molecule has 2 aliphatic rings. The molecule has 3 rings (SSSR count). The van der Waals surface area contributed by atoms with Crippen LogP contribution in [0.4, 0.5) is 9.59 Å². The van der Waals surface area contributed by atoms with Crippen LogP contribution < -0.4 is 5.73 Å². The van der Waals surface area contributed by atoms with E-state index in [1.165, 1.54) is 12.5 Å². The number of rotatable bonds is 7. The third-order valence-corrected chi connectivity index (χ3v) is 7.01. The summed E-state index contributed by atoms with van der Waals surface area (Å²) in [5.74, 6) is -0.791. The van der Waals surface area contributed by atoms with Gasteiger partial charge in [-0.2, -0.15) is 4.79 Å². The van der Waals surface area contributed by atoms with E-state index in [2.05, 4.69) is 12.1 Å². The zero-order valence-corrected chi connectivity index (χ0v) is 18.9. The third kappa shape index (κ3) is 4.52. The molecule has 1 heterocycles. The van der Waals surface area contributed by atoms with E-state index in [0.717, 1.165) is 32.1 Å². The number of amides is 2. The first-order chi connectivity index (χ1) is 15.3. The van der Waals surface area contributed by atoms with Gasteiger partial charge in [-0.1, -0.05) is 36.8 Å². The van der Waals surface area contributed by atoms with Gasteiger partial charge >= 0.3 is 18.2 Å². The molecule has 1 saturated heterocycles. The van der Waals surface area contributed by atoms with Gasteiger partial charge in [0.25, 0.3) is 6.23 Å². The predicted molar refractivity (Wildman–Crippen MR) is 117 cm³/mol. The first-order valence-electron chi connectivity index (χ1n) is 11.6. The molecule has 1 unspecified atom stereocenters. The van der Waals surface area contributed by atoms with Gasteiger partial charge in [0.1, 0.15) is 12.1 Å². The van der Waals surface area contributed by atoms with Gasteiger partial charge in [-0.05, 0) is 51.5 Å². The summed E-state index contributed by atoms with van der Waals surface area (Å²) in [6.07, 6.45) is 2.20. The summed E-state index contributed by atoms with van der Waals surface area (Å²) in [5.41, 5.74) is 7.19. The van der Waals surface area contributed by atoms with Crippen LogP contribution in [0.3, 0.4) is 0 Å². The summed E-state index contributed by atoms with van der Waals surface area (Å²) in [6.45, 7) is 3.28. The Balaban J connectivity index is 2.00. The van der Waals surface area contributed by atoms with E-state index in [1.807, 2.05) is 18.2 Å². The van der Waals surface area contributed by atoms with Crippen LogP contribution in [0, 0.1) is 11.8 Å². The Hall–Kier alpha value is -2.45. The normalized spacial score (nSPS) is 30.2. The molecule has 0 spiro atoms. The number of carbonyl (C=O) groups excluding carboxylic acids is 2. The van der Waals surface area contributed by atoms with Crippen molar-refractivity contribution in [1.29, 1.82) is 0 Å². The van der Waals surface area contributed by atoms with E-state index >= 15 is 0 Å². The van der Waals surface area contributed by atoms with Crippen molar-refractivity contribution in [2.75, 3.05) is 6.61 Å². The van der Waals surface area contributed by atoms with Crippen LogP contribution >= 0.6 is 0 Å². The molecule has 8 nitrogen and oxygen atoms in total. The molecule has 2 fully saturated rings. The van der Waals surface area contributed by atoms with Crippen molar-refractivity contribution >= 4 is 18.2 Å². The van der Waals surface area contributed by atoms with Crippen LogP contribution in [0.5, 0.6) is 0 Å². The Morgan fingerprint density at radius 3 is 2.50 bits per heavy atom. The van der Waals surface area contributed by atoms with Crippen molar-refractivity contribution < 1.29 is 33.4 Å². The number of aryl methyl sites for hydroxylation is 1. The number of carbonyl (C=O) groups is 3. The van der Waals surface area contributed by atoms with Crippen molar-refractivity contribution in [3.05, 3.63) is 35.9 Å². The lowest BCUT2D eigenvalue weighted by Gasteiger charge is -2.39. The number of likely N-dealkylation sites (tertiary alicyclic amines) is 1. The van der Waals surface area contributed by atoms with Crippen LogP contribution in [-0.4, -0.2) is 52.7 Å². The molecular weight excluding hydrogens is 412 g/mol. The number of hydrogen-bond donors (Lipinski definition) is 2. The number of hydrogen-bond acceptors (Lipinski definition) is 6. The van der Waals surface area contributed by atoms with Gasteiger partial charge in [-0.25, -0.2) is 9.59 Å². The molecule has 3 N–H and O–H groups in total. The highest BCUT2D eigenvalue weighted by atomic mass is 16.7. The summed E-state index contributed by atoms with van der Waals surface area (Å²) in [7, 11) is 0. The minimum absolute atomic E-state index is 0.00372. The molecule has 1 aliphatic heterocycles. The molecule has 8 heteroatoms. The Kier molecular flexibility index (Phi) is 7.90. The zero-order chi connectivity index (χ0) is 23.3. The Morgan fingerprint density at radius 2 is 1.88 bits per heavy atom. The molecule has 0 radical (unpaired) electrons. The van der Waals surface area contributed by atoms with Gasteiger partial charge in [0.2, 0.25) is 0 Å². The molecule has 6 atom stereocenters. The molecule has 1 saturated carbocycles. The Labute approximate surface area is 189 Å². The lowest BCUT2D eigenvalue weighted by Crippen LogP contribution is -2.69. The van der Waals surface area contributed by atoms with E-state index in [1.54, 1.807) is 6.92 Å². The first-order valence-corrected chi connectivity index (χ1v) is 11.6. The standard InChI is InChI=1S/C24H34N2O6/c1-3-31-23(28)26(21(27)16(2)25)20-15-8-7-13-18(20)19(22(26)32-24(29)30)14-9-12-17-10-5-4-6-11-17/h4-6,10-11,16,18-20,22H,3,7-9,12-15,25H2,1-2H3/p+1/t16-,18?,19-,20-,22-,26+/m0/s1. The van der Waals surface area contributed by atoms with Gasteiger partial charge in [0.15, 0.2) is 0 Å². The molecule has 1 aromatic rings. The maximum atomic E-state index is 13.5. The number of quaternary nitrogens is 1. The highest BCUT2D eigenvalue weighted by molar-refractivity contribution is 5.85. The maximum absolute atomic E-state index is 13.5. The van der Waals surface area contributed by atoms with Crippen molar-refractivity contribution in [3.8, 4) is 0 Å². The number of carboxylic acid groups (broad SMARTS) is 1. The molecule has 0 bridgehead atoms. The number of nitrogens with zero attached hydrogens (tertiary/aromatic N) is 1. The van der Waals surface area contributed by atoms with Crippen LogP contribution in [-0.2, 0) is 20.7 Å². The number of benzene rings is 1. The van der Waals surface area contributed by atoms with Crippen LogP contribution in [0.15, 0.2) is 30.3 Å². The molecule has 1 aromatic carbocycles. The molecule has 32 heavy (non-hydrogen) atoms. The van der Waals surface area contributed by atoms with Gasteiger partial charge in [0.05, 0.1) is 12.5 Å². The lowest BCUT2D eigenvalue weighted by atomic mass is 9.77. The second-order valence-corrected chi connectivity index (χ2v) is 8.93. The third-order valence-electron chi connectivity index (χ3n) is 7.01. The smallest absolute Gasteiger partial charge is 0.450 e. The van der Waals surface area contributed by atoms with Crippen LogP contribution in [0.2, 0.25) is 0 Å². The second kappa shape index (κ2) is 10.4. The Bertz CT molecular complexity index is 814. The fourth-order valence-corrected chi connectivity index (χ4v) is 5.85. The predicted octanol–water partition coefficient (Wildman–Crippen LogP) is 4.07. The molecule has 0 aromatic heterocycles. The fraction of sp³-hybridized carbons (Fsp3) is 0.625. The second-order valence-electron chi connectivity index (χ2n) is 8.93. The van der Waals surface area contributed by atoms with E-state index < -0.39 is 34.9 Å². The summed E-state index contributed by atoms with van der Waals surface area (Å²) in [5, 5.41) is 9.57. The van der Waals surface area contributed by atoms with Crippen LogP contribution in [0.1, 0.15) is 57.9 Å². The lowest BCUT2D eigenvalue weighted by molar-refractivity contribution is -0.847.